The van der Waals surface area contributed by atoms with Crippen LogP contribution in [0.2, 0.25) is 0 Å². The van der Waals surface area contributed by atoms with Crippen molar-refractivity contribution >= 4 is 0 Å². The third-order valence-corrected chi connectivity index (χ3v) is 3.57. The van der Waals surface area contributed by atoms with Crippen LogP contribution < -0.4 is 4.74 Å². The molecule has 1 aliphatic heterocycles. The number of aliphatic hydroxyl groups is 1. The average Bonchev–Trinajstić information content (AvgIpc) is 2.93. The van der Waals surface area contributed by atoms with Crippen LogP contribution in [0, 0.1) is 0 Å². The minimum absolute atomic E-state index is 0.295. The lowest BCUT2D eigenvalue weighted by Gasteiger charge is -2.13. The van der Waals surface area contributed by atoms with Crippen LogP contribution in [0.3, 0.4) is 0 Å². The van der Waals surface area contributed by atoms with E-state index in [2.05, 4.69) is 4.98 Å². The summed E-state index contributed by atoms with van der Waals surface area (Å²) in [5, 5.41) is 10.0. The van der Waals surface area contributed by atoms with Gasteiger partial charge in [-0.1, -0.05) is 6.07 Å². The molecule has 4 nitrogen and oxygen atoms in total. The van der Waals surface area contributed by atoms with E-state index in [0.29, 0.717) is 18.4 Å². The molecule has 0 radical (unpaired) electrons. The first kappa shape index (κ1) is 14.3. The zero-order valence-electron chi connectivity index (χ0n) is 11.5. The summed E-state index contributed by atoms with van der Waals surface area (Å²) in [5.41, 5.74) is 1.05. The first-order valence-corrected chi connectivity index (χ1v) is 7.06. The molecule has 2 rings (SSSR count). The Balaban J connectivity index is 1.66. The highest BCUT2D eigenvalue weighted by Gasteiger charge is 2.15. The number of ether oxygens (including phenoxy) is 2. The second-order valence-electron chi connectivity index (χ2n) is 5.13. The first-order chi connectivity index (χ1) is 9.28. The van der Waals surface area contributed by atoms with Crippen molar-refractivity contribution in [3.63, 3.8) is 0 Å². The molecule has 1 N–H and O–H groups in total. The van der Waals surface area contributed by atoms with Gasteiger partial charge in [0.2, 0.25) is 5.88 Å². The van der Waals surface area contributed by atoms with E-state index in [4.69, 9.17) is 9.47 Å². The summed E-state index contributed by atoms with van der Waals surface area (Å²) in [6.07, 6.45) is 7.83. The molecule has 106 valence electrons. The zero-order chi connectivity index (χ0) is 13.5. The fourth-order valence-electron chi connectivity index (χ4n) is 2.48. The third-order valence-electron chi connectivity index (χ3n) is 3.57. The highest BCUT2D eigenvalue weighted by molar-refractivity contribution is 5.18. The Labute approximate surface area is 114 Å². The monoisotopic (exact) mass is 265 g/mol. The SMILES string of the molecule is COc1ccc(CC(O)CCCC2CCCO2)cn1. The lowest BCUT2D eigenvalue weighted by atomic mass is 10.0. The molecule has 0 amide bonds. The van der Waals surface area contributed by atoms with Gasteiger partial charge in [-0.05, 0) is 44.1 Å². The second kappa shape index (κ2) is 7.46. The number of pyridine rings is 1. The van der Waals surface area contributed by atoms with Crippen molar-refractivity contribution < 1.29 is 14.6 Å². The molecule has 0 aromatic carbocycles. The summed E-state index contributed by atoms with van der Waals surface area (Å²) in [7, 11) is 1.60. The first-order valence-electron chi connectivity index (χ1n) is 7.06. The van der Waals surface area contributed by atoms with Crippen molar-refractivity contribution in [3.05, 3.63) is 23.9 Å². The lowest BCUT2D eigenvalue weighted by Crippen LogP contribution is -2.12. The van der Waals surface area contributed by atoms with Crippen molar-refractivity contribution in [2.75, 3.05) is 13.7 Å². The maximum atomic E-state index is 10.0. The summed E-state index contributed by atoms with van der Waals surface area (Å²) in [4.78, 5) is 4.14. The number of hydrogen-bond donors (Lipinski definition) is 1. The Bertz CT molecular complexity index is 360. The Morgan fingerprint density at radius 3 is 3.05 bits per heavy atom. The minimum Gasteiger partial charge on any atom is -0.481 e. The number of aliphatic hydroxyl groups excluding tert-OH is 1. The molecule has 1 aromatic heterocycles. The summed E-state index contributed by atoms with van der Waals surface area (Å²) in [6.45, 7) is 0.907. The van der Waals surface area contributed by atoms with Gasteiger partial charge in [0.25, 0.3) is 0 Å². The maximum absolute atomic E-state index is 10.0. The predicted octanol–water partition coefficient (Wildman–Crippen LogP) is 2.34. The molecule has 1 saturated heterocycles. The molecule has 0 saturated carbocycles. The zero-order valence-corrected chi connectivity index (χ0v) is 11.5. The Morgan fingerprint density at radius 1 is 1.53 bits per heavy atom. The van der Waals surface area contributed by atoms with E-state index >= 15 is 0 Å². The number of aromatic nitrogens is 1. The molecule has 0 bridgehead atoms. The van der Waals surface area contributed by atoms with Crippen LogP contribution in [0.1, 0.15) is 37.7 Å². The molecular weight excluding hydrogens is 242 g/mol. The van der Waals surface area contributed by atoms with Gasteiger partial charge in [0, 0.05) is 18.9 Å². The highest BCUT2D eigenvalue weighted by Crippen LogP contribution is 2.19. The van der Waals surface area contributed by atoms with Gasteiger partial charge in [0.15, 0.2) is 0 Å². The molecular formula is C15H23NO3. The van der Waals surface area contributed by atoms with Crippen molar-refractivity contribution in [2.45, 2.75) is 50.7 Å². The molecule has 2 unspecified atom stereocenters. The van der Waals surface area contributed by atoms with Crippen molar-refractivity contribution in [1.29, 1.82) is 0 Å². The van der Waals surface area contributed by atoms with E-state index in [0.717, 1.165) is 31.4 Å². The van der Waals surface area contributed by atoms with Gasteiger partial charge in [-0.15, -0.1) is 0 Å². The van der Waals surface area contributed by atoms with Gasteiger partial charge >= 0.3 is 0 Å². The fraction of sp³-hybridized carbons (Fsp3) is 0.667. The molecule has 2 atom stereocenters. The number of hydrogen-bond acceptors (Lipinski definition) is 4. The predicted molar refractivity (Wildman–Crippen MR) is 73.3 cm³/mol. The van der Waals surface area contributed by atoms with Crippen LogP contribution in [0.4, 0.5) is 0 Å². The van der Waals surface area contributed by atoms with Crippen molar-refractivity contribution in [1.82, 2.24) is 4.98 Å². The van der Waals surface area contributed by atoms with Gasteiger partial charge in [0.1, 0.15) is 0 Å². The Kier molecular flexibility index (Phi) is 5.61. The van der Waals surface area contributed by atoms with Gasteiger partial charge in [-0.2, -0.15) is 0 Å². The molecule has 1 aliphatic rings. The average molecular weight is 265 g/mol. The number of rotatable bonds is 7. The molecule has 1 fully saturated rings. The van der Waals surface area contributed by atoms with Gasteiger partial charge < -0.3 is 14.6 Å². The summed E-state index contributed by atoms with van der Waals surface area (Å²) >= 11 is 0. The van der Waals surface area contributed by atoms with E-state index in [1.807, 2.05) is 12.1 Å². The van der Waals surface area contributed by atoms with Gasteiger partial charge in [-0.25, -0.2) is 4.98 Å². The van der Waals surface area contributed by atoms with Gasteiger partial charge in [0.05, 0.1) is 19.3 Å². The standard InChI is InChI=1S/C15H23NO3/c1-18-15-8-7-12(11-16-15)10-13(17)4-2-5-14-6-3-9-19-14/h7-8,11,13-14,17H,2-6,9-10H2,1H3. The number of nitrogens with zero attached hydrogens (tertiary/aromatic N) is 1. The molecule has 2 heterocycles. The fourth-order valence-corrected chi connectivity index (χ4v) is 2.48. The van der Waals surface area contributed by atoms with Crippen LogP contribution in [-0.2, 0) is 11.2 Å². The van der Waals surface area contributed by atoms with Crippen LogP contribution in [-0.4, -0.2) is 36.0 Å². The molecule has 19 heavy (non-hydrogen) atoms. The minimum atomic E-state index is -0.295. The van der Waals surface area contributed by atoms with Crippen molar-refractivity contribution in [2.24, 2.45) is 0 Å². The smallest absolute Gasteiger partial charge is 0.212 e. The highest BCUT2D eigenvalue weighted by atomic mass is 16.5. The molecule has 0 spiro atoms. The second-order valence-corrected chi connectivity index (χ2v) is 5.13. The quantitative estimate of drug-likeness (QED) is 0.822. The third kappa shape index (κ3) is 4.80. The summed E-state index contributed by atoms with van der Waals surface area (Å²) in [5.74, 6) is 0.608. The number of methoxy groups -OCH3 is 1. The van der Waals surface area contributed by atoms with E-state index < -0.39 is 0 Å². The van der Waals surface area contributed by atoms with Gasteiger partial charge in [-0.3, -0.25) is 0 Å². The van der Waals surface area contributed by atoms with Crippen molar-refractivity contribution in [3.8, 4) is 5.88 Å². The van der Waals surface area contributed by atoms with Crippen LogP contribution in [0.5, 0.6) is 5.88 Å². The molecule has 4 heteroatoms. The van der Waals surface area contributed by atoms with Crippen LogP contribution in [0.15, 0.2) is 18.3 Å². The Hall–Kier alpha value is -1.13. The van der Waals surface area contributed by atoms with E-state index in [1.165, 1.54) is 12.8 Å². The normalized spacial score (nSPS) is 20.4. The topological polar surface area (TPSA) is 51.6 Å². The van der Waals surface area contributed by atoms with Crippen LogP contribution in [0.25, 0.3) is 0 Å². The Morgan fingerprint density at radius 2 is 2.42 bits per heavy atom. The summed E-state index contributed by atoms with van der Waals surface area (Å²) in [6, 6.07) is 3.78. The lowest BCUT2D eigenvalue weighted by molar-refractivity contribution is 0.0945. The van der Waals surface area contributed by atoms with Crippen LogP contribution >= 0.6 is 0 Å². The van der Waals surface area contributed by atoms with E-state index in [9.17, 15) is 5.11 Å². The molecule has 0 aliphatic carbocycles. The molecule has 1 aromatic rings. The van der Waals surface area contributed by atoms with E-state index in [1.54, 1.807) is 13.3 Å². The maximum Gasteiger partial charge on any atom is 0.212 e. The largest absolute Gasteiger partial charge is 0.481 e. The van der Waals surface area contributed by atoms with E-state index in [-0.39, 0.29) is 6.10 Å². The summed E-state index contributed by atoms with van der Waals surface area (Å²) < 4.78 is 10.6.